The molecular formula is C27H34Cl2N4OS. The Morgan fingerprint density at radius 1 is 1.00 bits per heavy atom. The molecule has 0 radical (unpaired) electrons. The van der Waals surface area contributed by atoms with E-state index in [9.17, 15) is 4.79 Å². The molecule has 1 amide bonds. The number of thioether (sulfide) groups is 1. The van der Waals surface area contributed by atoms with Gasteiger partial charge in [0, 0.05) is 17.2 Å². The fourth-order valence-electron chi connectivity index (χ4n) is 3.87. The molecule has 3 aromatic rings. The molecule has 0 atom stereocenters. The first kappa shape index (κ1) is 27.6. The Bertz CT molecular complexity index is 1100. The molecule has 2 aromatic carbocycles. The van der Waals surface area contributed by atoms with Crippen LogP contribution in [0.3, 0.4) is 0 Å². The highest BCUT2D eigenvalue weighted by molar-refractivity contribution is 7.98. The van der Waals surface area contributed by atoms with Crippen molar-refractivity contribution in [3.05, 3.63) is 69.5 Å². The first-order chi connectivity index (χ1) is 17.0. The number of halogens is 2. The summed E-state index contributed by atoms with van der Waals surface area (Å²) in [6.07, 6.45) is 8.79. The molecule has 0 spiro atoms. The molecule has 8 heteroatoms. The number of amides is 1. The van der Waals surface area contributed by atoms with E-state index in [4.69, 9.17) is 23.2 Å². The highest BCUT2D eigenvalue weighted by Crippen LogP contribution is 2.31. The van der Waals surface area contributed by atoms with Gasteiger partial charge >= 0.3 is 0 Å². The van der Waals surface area contributed by atoms with E-state index in [2.05, 4.69) is 53.6 Å². The zero-order valence-corrected chi connectivity index (χ0v) is 22.9. The van der Waals surface area contributed by atoms with Crippen LogP contribution < -0.4 is 5.32 Å². The molecule has 0 unspecified atom stereocenters. The predicted molar refractivity (Wildman–Crippen MR) is 147 cm³/mol. The summed E-state index contributed by atoms with van der Waals surface area (Å²) in [5.41, 5.74) is 3.12. The minimum absolute atomic E-state index is 0.0271. The Morgan fingerprint density at radius 2 is 1.77 bits per heavy atom. The zero-order chi connectivity index (χ0) is 25.0. The van der Waals surface area contributed by atoms with E-state index in [0.717, 1.165) is 18.6 Å². The van der Waals surface area contributed by atoms with Crippen LogP contribution in [0.2, 0.25) is 10.0 Å². The third-order valence-electron chi connectivity index (χ3n) is 5.75. The minimum Gasteiger partial charge on any atom is -0.349 e. The van der Waals surface area contributed by atoms with E-state index >= 15 is 0 Å². The van der Waals surface area contributed by atoms with E-state index in [1.165, 1.54) is 43.2 Å². The maximum absolute atomic E-state index is 12.4. The number of aryl methyl sites for hydroxylation is 1. The number of benzene rings is 2. The third kappa shape index (κ3) is 8.85. The summed E-state index contributed by atoms with van der Waals surface area (Å²) < 4.78 is 1.89. The molecule has 35 heavy (non-hydrogen) atoms. The molecule has 0 aliphatic carbocycles. The quantitative estimate of drug-likeness (QED) is 0.169. The number of rotatable bonds is 14. The number of hydrogen-bond donors (Lipinski definition) is 1. The van der Waals surface area contributed by atoms with Crippen LogP contribution in [-0.2, 0) is 17.1 Å². The Hall–Kier alpha value is -2.02. The lowest BCUT2D eigenvalue weighted by atomic mass is 10.1. The van der Waals surface area contributed by atoms with E-state index in [-0.39, 0.29) is 12.5 Å². The third-order valence-corrected chi connectivity index (χ3v) is 7.31. The van der Waals surface area contributed by atoms with Crippen molar-refractivity contribution in [2.75, 3.05) is 0 Å². The molecular weight excluding hydrogens is 499 g/mol. The van der Waals surface area contributed by atoms with Crippen molar-refractivity contribution in [1.29, 1.82) is 0 Å². The molecule has 1 heterocycles. The monoisotopic (exact) mass is 532 g/mol. The summed E-state index contributed by atoms with van der Waals surface area (Å²) in [4.78, 5) is 12.4. The number of unbranched alkanes of at least 4 members (excludes halogenated alkanes) is 6. The van der Waals surface area contributed by atoms with Crippen molar-refractivity contribution >= 4 is 40.9 Å². The highest BCUT2D eigenvalue weighted by atomic mass is 35.5. The van der Waals surface area contributed by atoms with Crippen molar-refractivity contribution in [2.45, 2.75) is 82.7 Å². The van der Waals surface area contributed by atoms with Crippen molar-refractivity contribution in [1.82, 2.24) is 20.1 Å². The Kier molecular flexibility index (Phi) is 11.4. The second-order valence-corrected chi connectivity index (χ2v) is 10.5. The van der Waals surface area contributed by atoms with Gasteiger partial charge in [0.05, 0.1) is 17.3 Å². The summed E-state index contributed by atoms with van der Waals surface area (Å²) in [6.45, 7) is 4.57. The lowest BCUT2D eigenvalue weighted by Gasteiger charge is -2.13. The van der Waals surface area contributed by atoms with Gasteiger partial charge in [-0.2, -0.15) is 0 Å². The van der Waals surface area contributed by atoms with Gasteiger partial charge in [-0.15, -0.1) is 10.2 Å². The average molecular weight is 534 g/mol. The Balaban J connectivity index is 1.65. The van der Waals surface area contributed by atoms with Gasteiger partial charge in [-0.1, -0.05) is 110 Å². The predicted octanol–water partition coefficient (Wildman–Crippen LogP) is 7.93. The molecule has 0 saturated carbocycles. The van der Waals surface area contributed by atoms with Gasteiger partial charge in [-0.05, 0) is 37.1 Å². The molecule has 5 nitrogen and oxygen atoms in total. The van der Waals surface area contributed by atoms with Crippen LogP contribution >= 0.6 is 35.0 Å². The van der Waals surface area contributed by atoms with Gasteiger partial charge in [0.1, 0.15) is 0 Å². The van der Waals surface area contributed by atoms with Gasteiger partial charge < -0.3 is 5.32 Å². The SMILES string of the molecule is CCCCCCCCCC(=O)NCc1nnc(SCc2cccc(C)c2)n1-c1cc(Cl)ccc1Cl. The van der Waals surface area contributed by atoms with E-state index in [0.29, 0.717) is 33.1 Å². The van der Waals surface area contributed by atoms with Crippen molar-refractivity contribution in [3.63, 3.8) is 0 Å². The molecule has 0 aliphatic heterocycles. The average Bonchev–Trinajstić information content (AvgIpc) is 3.25. The van der Waals surface area contributed by atoms with E-state index in [1.807, 2.05) is 4.57 Å². The van der Waals surface area contributed by atoms with Crippen LogP contribution in [0, 0.1) is 6.92 Å². The summed E-state index contributed by atoms with van der Waals surface area (Å²) >= 11 is 14.4. The molecule has 0 aliphatic rings. The summed E-state index contributed by atoms with van der Waals surface area (Å²) in [7, 11) is 0. The summed E-state index contributed by atoms with van der Waals surface area (Å²) in [5, 5.41) is 13.6. The maximum atomic E-state index is 12.4. The first-order valence-corrected chi connectivity index (χ1v) is 14.1. The summed E-state index contributed by atoms with van der Waals surface area (Å²) in [5.74, 6) is 1.39. The first-order valence-electron chi connectivity index (χ1n) is 12.3. The topological polar surface area (TPSA) is 59.8 Å². The van der Waals surface area contributed by atoms with Crippen LogP contribution in [0.25, 0.3) is 5.69 Å². The van der Waals surface area contributed by atoms with Crippen LogP contribution in [0.5, 0.6) is 0 Å². The lowest BCUT2D eigenvalue weighted by molar-refractivity contribution is -0.121. The van der Waals surface area contributed by atoms with Gasteiger partial charge in [-0.3, -0.25) is 9.36 Å². The molecule has 188 valence electrons. The van der Waals surface area contributed by atoms with Crippen LogP contribution in [0.1, 0.15) is 75.2 Å². The fourth-order valence-corrected chi connectivity index (χ4v) is 5.14. The smallest absolute Gasteiger partial charge is 0.220 e. The summed E-state index contributed by atoms with van der Waals surface area (Å²) in [6, 6.07) is 13.7. The minimum atomic E-state index is 0.0271. The van der Waals surface area contributed by atoms with E-state index in [1.54, 1.807) is 30.0 Å². The normalized spacial score (nSPS) is 11.1. The molecule has 1 aromatic heterocycles. The second kappa shape index (κ2) is 14.5. The number of aromatic nitrogens is 3. The Morgan fingerprint density at radius 3 is 2.54 bits per heavy atom. The highest BCUT2D eigenvalue weighted by Gasteiger charge is 2.18. The van der Waals surface area contributed by atoms with Gasteiger partial charge in [0.25, 0.3) is 0 Å². The molecule has 0 fully saturated rings. The fraction of sp³-hybridized carbons (Fsp3) is 0.444. The number of hydrogen-bond acceptors (Lipinski definition) is 4. The zero-order valence-electron chi connectivity index (χ0n) is 20.5. The standard InChI is InChI=1S/C27H34Cl2N4OS/c1-3-4-5-6-7-8-9-13-26(34)30-18-25-31-32-27(35-19-21-12-10-11-20(2)16-21)33(25)24-17-22(28)14-15-23(24)29/h10-12,14-17H,3-9,13,18-19H2,1-2H3,(H,30,34). The van der Waals surface area contributed by atoms with Crippen molar-refractivity contribution < 1.29 is 4.79 Å². The van der Waals surface area contributed by atoms with Gasteiger partial charge in [-0.25, -0.2) is 0 Å². The Labute approximate surface area is 223 Å². The molecule has 0 saturated heterocycles. The number of nitrogens with zero attached hydrogens (tertiary/aromatic N) is 3. The van der Waals surface area contributed by atoms with Crippen LogP contribution in [0.4, 0.5) is 0 Å². The molecule has 1 N–H and O–H groups in total. The van der Waals surface area contributed by atoms with Crippen molar-refractivity contribution in [2.24, 2.45) is 0 Å². The number of carbonyl (C=O) groups excluding carboxylic acids is 1. The maximum Gasteiger partial charge on any atom is 0.220 e. The number of carbonyl (C=O) groups is 1. The van der Waals surface area contributed by atoms with E-state index < -0.39 is 0 Å². The van der Waals surface area contributed by atoms with Crippen LogP contribution in [0.15, 0.2) is 47.6 Å². The van der Waals surface area contributed by atoms with Gasteiger partial charge in [0.15, 0.2) is 11.0 Å². The largest absolute Gasteiger partial charge is 0.349 e. The molecule has 3 rings (SSSR count). The molecule has 0 bridgehead atoms. The van der Waals surface area contributed by atoms with Crippen molar-refractivity contribution in [3.8, 4) is 5.69 Å². The lowest BCUT2D eigenvalue weighted by Crippen LogP contribution is -2.24. The second-order valence-electron chi connectivity index (χ2n) is 8.76. The number of nitrogens with one attached hydrogen (secondary N) is 1. The van der Waals surface area contributed by atoms with Gasteiger partial charge in [0.2, 0.25) is 5.91 Å². The van der Waals surface area contributed by atoms with Crippen LogP contribution in [-0.4, -0.2) is 20.7 Å².